The molecule has 0 aromatic carbocycles. The van der Waals surface area contributed by atoms with Gasteiger partial charge in [0, 0.05) is 11.1 Å². The highest BCUT2D eigenvalue weighted by Crippen LogP contribution is 2.26. The van der Waals surface area contributed by atoms with Crippen LogP contribution >= 0.6 is 0 Å². The van der Waals surface area contributed by atoms with Gasteiger partial charge in [0.15, 0.2) is 0 Å². The number of aromatic nitrogens is 2. The van der Waals surface area contributed by atoms with Crippen molar-refractivity contribution >= 4 is 0 Å². The molecule has 1 rings (SSSR count). The first-order valence-electron chi connectivity index (χ1n) is 4.46. The summed E-state index contributed by atoms with van der Waals surface area (Å²) >= 11 is 0. The van der Waals surface area contributed by atoms with Crippen LogP contribution in [0.4, 0.5) is 0 Å². The zero-order valence-corrected chi connectivity index (χ0v) is 8.60. The van der Waals surface area contributed by atoms with Gasteiger partial charge in [0.1, 0.15) is 0 Å². The number of imidazole rings is 1. The predicted molar refractivity (Wildman–Crippen MR) is 51.4 cm³/mol. The number of aromatic amines is 1. The summed E-state index contributed by atoms with van der Waals surface area (Å²) in [4.78, 5) is 7.55. The number of rotatable bonds is 1. The molecule has 0 unspecified atom stereocenters. The highest BCUT2D eigenvalue weighted by atomic mass is 14.9. The normalized spacial score (nSPS) is 12.5. The Bertz CT molecular complexity index is 253. The molecule has 12 heavy (non-hydrogen) atoms. The molecule has 0 fully saturated rings. The number of H-pyrrole nitrogens is 1. The predicted octanol–water partition coefficient (Wildman–Crippen LogP) is 2.83. The molecular formula is C10H18N2. The Hall–Kier alpha value is -0.790. The van der Waals surface area contributed by atoms with Crippen molar-refractivity contribution in [1.82, 2.24) is 9.97 Å². The quantitative estimate of drug-likeness (QED) is 0.682. The average Bonchev–Trinajstić information content (AvgIpc) is 2.30. The van der Waals surface area contributed by atoms with Crippen LogP contribution in [0.5, 0.6) is 0 Å². The molecule has 2 nitrogen and oxygen atoms in total. The van der Waals surface area contributed by atoms with E-state index in [4.69, 9.17) is 0 Å². The molecular weight excluding hydrogens is 148 g/mol. The standard InChI is InChI=1S/C10H18N2/c1-7(2)8-9(10(3,4)5)12-6-11-8/h6-7H,1-5H3,(H,11,12). The van der Waals surface area contributed by atoms with Crippen molar-refractivity contribution in [1.29, 1.82) is 0 Å². The molecule has 68 valence electrons. The van der Waals surface area contributed by atoms with Gasteiger partial charge < -0.3 is 4.98 Å². The van der Waals surface area contributed by atoms with Gasteiger partial charge in [-0.15, -0.1) is 0 Å². The number of hydrogen-bond donors (Lipinski definition) is 1. The van der Waals surface area contributed by atoms with E-state index in [2.05, 4.69) is 44.6 Å². The fraction of sp³-hybridized carbons (Fsp3) is 0.700. The second-order valence-electron chi connectivity index (χ2n) is 4.57. The van der Waals surface area contributed by atoms with E-state index in [0.717, 1.165) is 0 Å². The Morgan fingerprint density at radius 2 is 1.92 bits per heavy atom. The van der Waals surface area contributed by atoms with Gasteiger partial charge in [-0.1, -0.05) is 34.6 Å². The number of hydrogen-bond acceptors (Lipinski definition) is 1. The Balaban J connectivity index is 3.08. The van der Waals surface area contributed by atoms with Crippen LogP contribution in [0, 0.1) is 0 Å². The van der Waals surface area contributed by atoms with Gasteiger partial charge in [0.05, 0.1) is 12.0 Å². The summed E-state index contributed by atoms with van der Waals surface area (Å²) in [6.45, 7) is 10.9. The van der Waals surface area contributed by atoms with E-state index in [1.165, 1.54) is 11.4 Å². The molecule has 0 aliphatic carbocycles. The van der Waals surface area contributed by atoms with Crippen molar-refractivity contribution < 1.29 is 0 Å². The maximum absolute atomic E-state index is 4.35. The van der Waals surface area contributed by atoms with Crippen LogP contribution in [-0.4, -0.2) is 9.97 Å². The Labute approximate surface area is 74.4 Å². The van der Waals surface area contributed by atoms with Crippen LogP contribution in [0.1, 0.15) is 51.9 Å². The Morgan fingerprint density at radius 3 is 2.25 bits per heavy atom. The first kappa shape index (κ1) is 9.30. The molecule has 2 heteroatoms. The SMILES string of the molecule is CC(C)c1[nH]cnc1C(C)(C)C. The topological polar surface area (TPSA) is 28.7 Å². The molecule has 0 radical (unpaired) electrons. The van der Waals surface area contributed by atoms with E-state index in [-0.39, 0.29) is 5.41 Å². The average molecular weight is 166 g/mol. The smallest absolute Gasteiger partial charge is 0.0925 e. The zero-order valence-electron chi connectivity index (χ0n) is 8.60. The highest BCUT2D eigenvalue weighted by molar-refractivity contribution is 5.22. The second kappa shape index (κ2) is 2.92. The molecule has 0 spiro atoms. The van der Waals surface area contributed by atoms with Gasteiger partial charge in [-0.05, 0) is 5.92 Å². The minimum absolute atomic E-state index is 0.152. The largest absolute Gasteiger partial charge is 0.348 e. The molecule has 0 saturated heterocycles. The summed E-state index contributed by atoms with van der Waals surface area (Å²) in [5.74, 6) is 0.529. The summed E-state index contributed by atoms with van der Waals surface area (Å²) in [7, 11) is 0. The van der Waals surface area contributed by atoms with Gasteiger partial charge in [0.2, 0.25) is 0 Å². The molecule has 1 aromatic heterocycles. The molecule has 0 aliphatic heterocycles. The van der Waals surface area contributed by atoms with E-state index in [0.29, 0.717) is 5.92 Å². The van der Waals surface area contributed by atoms with Crippen molar-refractivity contribution in [3.05, 3.63) is 17.7 Å². The monoisotopic (exact) mass is 166 g/mol. The summed E-state index contributed by atoms with van der Waals surface area (Å²) in [5.41, 5.74) is 2.61. The summed E-state index contributed by atoms with van der Waals surface area (Å²) < 4.78 is 0. The van der Waals surface area contributed by atoms with Gasteiger partial charge in [-0.3, -0.25) is 0 Å². The summed E-state index contributed by atoms with van der Waals surface area (Å²) in [6.07, 6.45) is 1.79. The summed E-state index contributed by atoms with van der Waals surface area (Å²) in [6, 6.07) is 0. The van der Waals surface area contributed by atoms with E-state index >= 15 is 0 Å². The van der Waals surface area contributed by atoms with E-state index in [1.807, 2.05) is 0 Å². The maximum Gasteiger partial charge on any atom is 0.0925 e. The van der Waals surface area contributed by atoms with Crippen molar-refractivity contribution in [2.75, 3.05) is 0 Å². The molecule has 0 bridgehead atoms. The lowest BCUT2D eigenvalue weighted by Gasteiger charge is -2.18. The van der Waals surface area contributed by atoms with Gasteiger partial charge in [-0.2, -0.15) is 0 Å². The van der Waals surface area contributed by atoms with Crippen LogP contribution in [0.15, 0.2) is 6.33 Å². The molecule has 1 N–H and O–H groups in total. The van der Waals surface area contributed by atoms with Crippen molar-refractivity contribution in [3.8, 4) is 0 Å². The molecule has 0 aliphatic rings. The van der Waals surface area contributed by atoms with Gasteiger partial charge in [0.25, 0.3) is 0 Å². The third kappa shape index (κ3) is 1.68. The van der Waals surface area contributed by atoms with Crippen molar-refractivity contribution in [3.63, 3.8) is 0 Å². The number of nitrogens with one attached hydrogen (secondary N) is 1. The van der Waals surface area contributed by atoms with Crippen LogP contribution < -0.4 is 0 Å². The third-order valence-electron chi connectivity index (χ3n) is 1.96. The highest BCUT2D eigenvalue weighted by Gasteiger charge is 2.21. The lowest BCUT2D eigenvalue weighted by Crippen LogP contribution is -2.15. The Morgan fingerprint density at radius 1 is 1.33 bits per heavy atom. The molecule has 0 saturated carbocycles. The van der Waals surface area contributed by atoms with Crippen LogP contribution in [0.3, 0.4) is 0 Å². The number of nitrogens with zero attached hydrogens (tertiary/aromatic N) is 1. The molecule has 0 amide bonds. The minimum atomic E-state index is 0.152. The van der Waals surface area contributed by atoms with Crippen molar-refractivity contribution in [2.45, 2.75) is 46.0 Å². The van der Waals surface area contributed by atoms with Gasteiger partial charge >= 0.3 is 0 Å². The van der Waals surface area contributed by atoms with Crippen LogP contribution in [-0.2, 0) is 5.41 Å². The van der Waals surface area contributed by atoms with Crippen LogP contribution in [0.2, 0.25) is 0 Å². The summed E-state index contributed by atoms with van der Waals surface area (Å²) in [5, 5.41) is 0. The first-order chi connectivity index (χ1) is 5.43. The minimum Gasteiger partial charge on any atom is -0.348 e. The first-order valence-corrected chi connectivity index (χ1v) is 4.46. The lowest BCUT2D eigenvalue weighted by molar-refractivity contribution is 0.558. The van der Waals surface area contributed by atoms with E-state index in [1.54, 1.807) is 6.33 Å². The fourth-order valence-corrected chi connectivity index (χ4v) is 1.34. The zero-order chi connectivity index (χ0) is 9.35. The maximum atomic E-state index is 4.35. The van der Waals surface area contributed by atoms with Crippen molar-refractivity contribution in [2.24, 2.45) is 0 Å². The molecule has 0 atom stereocenters. The third-order valence-corrected chi connectivity index (χ3v) is 1.96. The molecule has 1 aromatic rings. The van der Waals surface area contributed by atoms with E-state index < -0.39 is 0 Å². The molecule has 1 heterocycles. The second-order valence-corrected chi connectivity index (χ2v) is 4.57. The van der Waals surface area contributed by atoms with E-state index in [9.17, 15) is 0 Å². The fourth-order valence-electron chi connectivity index (χ4n) is 1.34. The Kier molecular flexibility index (Phi) is 2.27. The lowest BCUT2D eigenvalue weighted by atomic mass is 9.88. The van der Waals surface area contributed by atoms with Crippen LogP contribution in [0.25, 0.3) is 0 Å². The van der Waals surface area contributed by atoms with Gasteiger partial charge in [-0.25, -0.2) is 4.98 Å².